The predicted octanol–water partition coefficient (Wildman–Crippen LogP) is 5.37. The first-order valence-electron chi connectivity index (χ1n) is 13.2. The van der Waals surface area contributed by atoms with Crippen LogP contribution in [0.25, 0.3) is 12.2 Å². The lowest BCUT2D eigenvalue weighted by Gasteiger charge is -2.20. The molecule has 0 heterocycles. The molecule has 0 aliphatic heterocycles. The topological polar surface area (TPSA) is 107 Å². The van der Waals surface area contributed by atoms with E-state index in [0.717, 1.165) is 37.6 Å². The molecule has 0 aliphatic rings. The van der Waals surface area contributed by atoms with Gasteiger partial charge in [-0.2, -0.15) is 10.5 Å². The molecule has 0 fully saturated rings. The van der Waals surface area contributed by atoms with Crippen molar-refractivity contribution in [3.63, 3.8) is 0 Å². The lowest BCUT2D eigenvalue weighted by atomic mass is 10.1. The van der Waals surface area contributed by atoms with Crippen LogP contribution >= 0.6 is 0 Å². The summed E-state index contributed by atoms with van der Waals surface area (Å²) in [7, 11) is 0. The molecule has 2 aromatic carbocycles. The fourth-order valence-corrected chi connectivity index (χ4v) is 3.89. The lowest BCUT2D eigenvalue weighted by molar-refractivity contribution is -0.140. The molecular weight excluding hydrogens is 492 g/mol. The first-order chi connectivity index (χ1) is 18.9. The zero-order valence-corrected chi connectivity index (χ0v) is 23.1. The number of hydrogen-bond donors (Lipinski definition) is 0. The van der Waals surface area contributed by atoms with Crippen molar-refractivity contribution >= 4 is 35.5 Å². The predicted molar refractivity (Wildman–Crippen MR) is 154 cm³/mol. The maximum absolute atomic E-state index is 12.3. The molecule has 0 aliphatic carbocycles. The molecule has 0 atom stereocenters. The highest BCUT2D eigenvalue weighted by molar-refractivity contribution is 5.98. The van der Waals surface area contributed by atoms with Crippen LogP contribution in [-0.4, -0.2) is 51.3 Å². The first-order valence-corrected chi connectivity index (χ1v) is 13.2. The van der Waals surface area contributed by atoms with Crippen molar-refractivity contribution in [1.29, 1.82) is 10.5 Å². The molecular formula is C31H36N4O4. The average Bonchev–Trinajstić information content (AvgIpc) is 2.96. The Labute approximate surface area is 231 Å². The fraction of sp³-hybridized carbons (Fsp3) is 0.355. The van der Waals surface area contributed by atoms with Crippen LogP contribution < -0.4 is 9.80 Å². The largest absolute Gasteiger partial charge is 0.461 e. The van der Waals surface area contributed by atoms with Crippen LogP contribution in [0.3, 0.4) is 0 Å². The van der Waals surface area contributed by atoms with Crippen molar-refractivity contribution in [3.8, 4) is 12.1 Å². The number of benzene rings is 2. The quantitative estimate of drug-likeness (QED) is 0.139. The van der Waals surface area contributed by atoms with E-state index in [1.54, 1.807) is 0 Å². The standard InChI is InChI=1S/C31H36N4O4/c1-5-34(6-2)28-14-10-24(11-15-28)20-26(22-32)30(36)38-18-9-19-39-31(37)27(23-33)21-25-12-16-29(17-13-25)35(7-3)8-4/h10-17,20-21H,5-9,18-19H2,1-4H3/b26-20+,27-21+. The first kappa shape index (κ1) is 30.7. The Kier molecular flexibility index (Phi) is 12.8. The number of carbonyl (C=O) groups is 2. The number of nitrogens with zero attached hydrogens (tertiary/aromatic N) is 4. The third kappa shape index (κ3) is 9.36. The van der Waals surface area contributed by atoms with Crippen LogP contribution in [0.15, 0.2) is 59.7 Å². The van der Waals surface area contributed by atoms with Gasteiger partial charge in [0.2, 0.25) is 0 Å². The Balaban J connectivity index is 1.85. The molecule has 0 aromatic heterocycles. The van der Waals surface area contributed by atoms with Crippen molar-refractivity contribution in [3.05, 3.63) is 70.8 Å². The minimum Gasteiger partial charge on any atom is -0.461 e. The highest BCUT2D eigenvalue weighted by Crippen LogP contribution is 2.18. The molecule has 0 amide bonds. The van der Waals surface area contributed by atoms with Crippen molar-refractivity contribution < 1.29 is 19.1 Å². The molecule has 0 radical (unpaired) electrons. The van der Waals surface area contributed by atoms with Gasteiger partial charge in [-0.1, -0.05) is 24.3 Å². The van der Waals surface area contributed by atoms with Gasteiger partial charge in [0.15, 0.2) is 0 Å². The van der Waals surface area contributed by atoms with E-state index in [4.69, 9.17) is 9.47 Å². The van der Waals surface area contributed by atoms with Crippen LogP contribution in [0.1, 0.15) is 45.2 Å². The number of hydrogen-bond acceptors (Lipinski definition) is 8. The lowest BCUT2D eigenvalue weighted by Crippen LogP contribution is -2.21. The van der Waals surface area contributed by atoms with Crippen molar-refractivity contribution in [2.75, 3.05) is 49.2 Å². The fourth-order valence-electron chi connectivity index (χ4n) is 3.89. The molecule has 39 heavy (non-hydrogen) atoms. The molecule has 0 saturated heterocycles. The maximum atomic E-state index is 12.3. The molecule has 0 bridgehead atoms. The van der Waals surface area contributed by atoms with Gasteiger partial charge < -0.3 is 19.3 Å². The molecule has 8 heteroatoms. The number of rotatable bonds is 14. The van der Waals surface area contributed by atoms with Gasteiger partial charge in [0.05, 0.1) is 13.2 Å². The number of carbonyl (C=O) groups excluding carboxylic acids is 2. The highest BCUT2D eigenvalue weighted by Gasteiger charge is 2.13. The summed E-state index contributed by atoms with van der Waals surface area (Å²) in [5.74, 6) is -1.50. The van der Waals surface area contributed by atoms with Crippen molar-refractivity contribution in [1.82, 2.24) is 0 Å². The van der Waals surface area contributed by atoms with E-state index in [1.807, 2.05) is 60.7 Å². The van der Waals surface area contributed by atoms with E-state index in [1.165, 1.54) is 12.2 Å². The number of ether oxygens (including phenoxy) is 2. The van der Waals surface area contributed by atoms with E-state index in [2.05, 4.69) is 37.5 Å². The number of anilines is 2. The third-order valence-corrected chi connectivity index (χ3v) is 6.10. The average molecular weight is 529 g/mol. The van der Waals surface area contributed by atoms with E-state index in [9.17, 15) is 20.1 Å². The normalized spacial score (nSPS) is 11.2. The van der Waals surface area contributed by atoms with Crippen LogP contribution in [-0.2, 0) is 19.1 Å². The molecule has 2 aromatic rings. The molecule has 0 spiro atoms. The summed E-state index contributed by atoms with van der Waals surface area (Å²) in [6.07, 6.45) is 3.19. The SMILES string of the molecule is CCN(CC)c1ccc(/C=C(\C#N)C(=O)OCCCOC(=O)/C(C#N)=C/c2ccc(N(CC)CC)cc2)cc1. The molecule has 0 N–H and O–H groups in total. The summed E-state index contributed by atoms with van der Waals surface area (Å²) in [6.45, 7) is 11.8. The molecule has 0 unspecified atom stereocenters. The van der Waals surface area contributed by atoms with Gasteiger partial charge in [0.1, 0.15) is 23.3 Å². The van der Waals surface area contributed by atoms with E-state index < -0.39 is 11.9 Å². The van der Waals surface area contributed by atoms with E-state index in [-0.39, 0.29) is 30.8 Å². The number of esters is 2. The van der Waals surface area contributed by atoms with E-state index >= 15 is 0 Å². The van der Waals surface area contributed by atoms with Gasteiger partial charge in [0.25, 0.3) is 0 Å². The zero-order chi connectivity index (χ0) is 28.6. The zero-order valence-electron chi connectivity index (χ0n) is 23.1. The third-order valence-electron chi connectivity index (χ3n) is 6.10. The summed E-state index contributed by atoms with van der Waals surface area (Å²) in [5, 5.41) is 18.8. The van der Waals surface area contributed by atoms with Gasteiger partial charge in [-0.05, 0) is 75.2 Å². The van der Waals surface area contributed by atoms with Gasteiger partial charge in [-0.15, -0.1) is 0 Å². The molecule has 204 valence electrons. The minimum absolute atomic E-state index is 0.0373. The monoisotopic (exact) mass is 528 g/mol. The van der Waals surface area contributed by atoms with Crippen molar-refractivity contribution in [2.45, 2.75) is 34.1 Å². The Bertz CT molecular complexity index is 1130. The molecule has 0 saturated carbocycles. The van der Waals surface area contributed by atoms with Gasteiger partial charge in [-0.3, -0.25) is 0 Å². The summed E-state index contributed by atoms with van der Waals surface area (Å²) in [6, 6.07) is 18.9. The second-order valence-corrected chi connectivity index (χ2v) is 8.49. The second kappa shape index (κ2) is 16.3. The summed E-state index contributed by atoms with van der Waals surface area (Å²) in [5.41, 5.74) is 3.32. The summed E-state index contributed by atoms with van der Waals surface area (Å²) < 4.78 is 10.3. The van der Waals surface area contributed by atoms with Gasteiger partial charge in [-0.25, -0.2) is 9.59 Å². The Hall–Kier alpha value is -4.56. The van der Waals surface area contributed by atoms with Gasteiger partial charge in [0, 0.05) is 44.0 Å². The molecule has 8 nitrogen and oxygen atoms in total. The summed E-state index contributed by atoms with van der Waals surface area (Å²) >= 11 is 0. The minimum atomic E-state index is -0.748. The Morgan fingerprint density at radius 3 is 1.28 bits per heavy atom. The van der Waals surface area contributed by atoms with Crippen LogP contribution in [0.4, 0.5) is 11.4 Å². The van der Waals surface area contributed by atoms with Crippen LogP contribution in [0, 0.1) is 22.7 Å². The number of nitriles is 2. The van der Waals surface area contributed by atoms with Crippen LogP contribution in [0.2, 0.25) is 0 Å². The highest BCUT2D eigenvalue weighted by atomic mass is 16.5. The smallest absolute Gasteiger partial charge is 0.348 e. The molecule has 2 rings (SSSR count). The second-order valence-electron chi connectivity index (χ2n) is 8.49. The summed E-state index contributed by atoms with van der Waals surface area (Å²) in [4.78, 5) is 29.0. The van der Waals surface area contributed by atoms with Gasteiger partial charge >= 0.3 is 11.9 Å². The van der Waals surface area contributed by atoms with Crippen LogP contribution in [0.5, 0.6) is 0 Å². The van der Waals surface area contributed by atoms with Crippen molar-refractivity contribution in [2.24, 2.45) is 0 Å². The Morgan fingerprint density at radius 2 is 1.00 bits per heavy atom. The maximum Gasteiger partial charge on any atom is 0.348 e. The van der Waals surface area contributed by atoms with E-state index in [0.29, 0.717) is 11.1 Å². The Morgan fingerprint density at radius 1 is 0.667 bits per heavy atom.